The first-order chi connectivity index (χ1) is 13.8. The van der Waals surface area contributed by atoms with Crippen molar-refractivity contribution in [3.05, 3.63) is 126 Å². The van der Waals surface area contributed by atoms with E-state index in [-0.39, 0.29) is 5.75 Å². The number of aromatic nitrogens is 2. The molecule has 0 unspecified atom stereocenters. The molecule has 0 aliphatic carbocycles. The molecule has 3 aromatic carbocycles. The van der Waals surface area contributed by atoms with E-state index in [2.05, 4.69) is 41.5 Å². The zero-order valence-corrected chi connectivity index (χ0v) is 15.7. The molecule has 0 bridgehead atoms. The highest BCUT2D eigenvalue weighted by Crippen LogP contribution is 2.42. The van der Waals surface area contributed by atoms with Crippen LogP contribution in [-0.2, 0) is 5.54 Å². The van der Waals surface area contributed by atoms with E-state index >= 15 is 0 Å². The van der Waals surface area contributed by atoms with Crippen LogP contribution in [0.15, 0.2) is 103 Å². The molecule has 4 rings (SSSR count). The fourth-order valence-corrected chi connectivity index (χ4v) is 3.84. The second kappa shape index (κ2) is 7.57. The summed E-state index contributed by atoms with van der Waals surface area (Å²) in [6.07, 6.45) is 5.32. The topological polar surface area (TPSA) is 38.1 Å². The Labute approximate surface area is 165 Å². The van der Waals surface area contributed by atoms with Crippen molar-refractivity contribution in [3.8, 4) is 5.75 Å². The summed E-state index contributed by atoms with van der Waals surface area (Å²) < 4.78 is 1.92. The van der Waals surface area contributed by atoms with E-state index in [1.807, 2.05) is 78.4 Å². The third-order valence-electron chi connectivity index (χ3n) is 5.00. The van der Waals surface area contributed by atoms with Gasteiger partial charge in [0.15, 0.2) is 5.75 Å². The smallest absolute Gasteiger partial charge is 0.161 e. The Morgan fingerprint density at radius 1 is 0.750 bits per heavy atom. The number of rotatable bonds is 5. The molecule has 4 aromatic rings. The normalized spacial score (nSPS) is 11.8. The first kappa shape index (κ1) is 17.8. The van der Waals surface area contributed by atoms with Gasteiger partial charge in [-0.2, -0.15) is 5.10 Å². The molecule has 28 heavy (non-hydrogen) atoms. The maximum absolute atomic E-state index is 10.5. The van der Waals surface area contributed by atoms with E-state index in [4.69, 9.17) is 0 Å². The number of allylic oxidation sites excluding steroid dienone is 1. The van der Waals surface area contributed by atoms with Crippen LogP contribution in [0.3, 0.4) is 0 Å². The lowest BCUT2D eigenvalue weighted by molar-refractivity contribution is 0.443. The van der Waals surface area contributed by atoms with Gasteiger partial charge in [-0.25, -0.2) is 4.68 Å². The van der Waals surface area contributed by atoms with Crippen molar-refractivity contribution in [3.63, 3.8) is 0 Å². The molecular weight excluding hydrogens is 344 g/mol. The maximum atomic E-state index is 10.5. The fraction of sp³-hybridized carbons (Fsp3) is 0.0800. The van der Waals surface area contributed by atoms with Crippen LogP contribution in [0.4, 0.5) is 0 Å². The Morgan fingerprint density at radius 3 is 1.57 bits per heavy atom. The van der Waals surface area contributed by atoms with Gasteiger partial charge in [-0.15, -0.1) is 0 Å². The Hall–Kier alpha value is -3.59. The van der Waals surface area contributed by atoms with E-state index in [0.717, 1.165) is 16.7 Å². The summed E-state index contributed by atoms with van der Waals surface area (Å²) in [6, 6.07) is 30.9. The fourth-order valence-electron chi connectivity index (χ4n) is 3.84. The molecule has 0 amide bonds. The van der Waals surface area contributed by atoms with Crippen LogP contribution in [-0.4, -0.2) is 14.9 Å². The van der Waals surface area contributed by atoms with Gasteiger partial charge in [0.2, 0.25) is 0 Å². The molecule has 0 spiro atoms. The molecule has 0 saturated carbocycles. The van der Waals surface area contributed by atoms with Crippen LogP contribution in [0, 0.1) is 0 Å². The molecule has 0 saturated heterocycles. The highest BCUT2D eigenvalue weighted by Gasteiger charge is 2.40. The van der Waals surface area contributed by atoms with Crippen molar-refractivity contribution in [2.24, 2.45) is 0 Å². The van der Waals surface area contributed by atoms with E-state index in [1.54, 1.807) is 0 Å². The van der Waals surface area contributed by atoms with Crippen LogP contribution in [0.5, 0.6) is 5.75 Å². The van der Waals surface area contributed by atoms with Gasteiger partial charge in [-0.3, -0.25) is 0 Å². The number of aromatic hydroxyl groups is 1. The third-order valence-corrected chi connectivity index (χ3v) is 5.00. The second-order valence-electron chi connectivity index (χ2n) is 6.64. The Balaban J connectivity index is 2.17. The van der Waals surface area contributed by atoms with Crippen LogP contribution < -0.4 is 0 Å². The minimum Gasteiger partial charge on any atom is -0.504 e. The highest BCUT2D eigenvalue weighted by molar-refractivity contribution is 5.58. The number of hydrogen-bond acceptors (Lipinski definition) is 2. The molecule has 138 valence electrons. The Kier molecular flexibility index (Phi) is 4.81. The van der Waals surface area contributed by atoms with Crippen LogP contribution in [0.1, 0.15) is 29.3 Å². The van der Waals surface area contributed by atoms with Gasteiger partial charge in [0.25, 0.3) is 0 Å². The Bertz CT molecular complexity index is 971. The monoisotopic (exact) mass is 366 g/mol. The molecule has 3 heteroatoms. The summed E-state index contributed by atoms with van der Waals surface area (Å²) in [6.45, 7) is 1.94. The lowest BCUT2D eigenvalue weighted by Gasteiger charge is -2.37. The van der Waals surface area contributed by atoms with Gasteiger partial charge in [-0.05, 0) is 29.7 Å². The highest BCUT2D eigenvalue weighted by atomic mass is 16.3. The van der Waals surface area contributed by atoms with Crippen molar-refractivity contribution in [2.75, 3.05) is 0 Å². The van der Waals surface area contributed by atoms with Gasteiger partial charge < -0.3 is 5.11 Å². The van der Waals surface area contributed by atoms with Crippen molar-refractivity contribution in [1.82, 2.24) is 9.78 Å². The van der Waals surface area contributed by atoms with Crippen molar-refractivity contribution in [1.29, 1.82) is 0 Å². The predicted molar refractivity (Wildman–Crippen MR) is 113 cm³/mol. The molecule has 1 N–H and O–H groups in total. The molecule has 0 fully saturated rings. The van der Waals surface area contributed by atoms with Gasteiger partial charge in [0, 0.05) is 0 Å². The maximum Gasteiger partial charge on any atom is 0.161 e. The molecule has 0 atom stereocenters. The molecule has 1 aromatic heterocycles. The standard InChI is InChI=1S/C25H22N2O/c1-2-12-23-24(28)19-26-27(23)25(20-13-6-3-7-14-20,21-15-8-4-9-16-21)22-17-10-5-11-18-22/h2-19,28H,1H3/b12-2+. The van der Waals surface area contributed by atoms with Gasteiger partial charge >= 0.3 is 0 Å². The molecular formula is C25H22N2O. The quantitative estimate of drug-likeness (QED) is 0.476. The van der Waals surface area contributed by atoms with Gasteiger partial charge in [0.1, 0.15) is 11.2 Å². The third kappa shape index (κ3) is 2.81. The predicted octanol–water partition coefficient (Wildman–Crippen LogP) is 5.46. The first-order valence-electron chi connectivity index (χ1n) is 9.35. The average Bonchev–Trinajstić information content (AvgIpc) is 3.12. The molecule has 0 aliphatic rings. The largest absolute Gasteiger partial charge is 0.504 e. The minimum absolute atomic E-state index is 0.158. The second-order valence-corrected chi connectivity index (χ2v) is 6.64. The lowest BCUT2D eigenvalue weighted by Crippen LogP contribution is -2.39. The summed E-state index contributed by atoms with van der Waals surface area (Å²) >= 11 is 0. The molecule has 0 radical (unpaired) electrons. The summed E-state index contributed by atoms with van der Waals surface area (Å²) in [7, 11) is 0. The van der Waals surface area contributed by atoms with Gasteiger partial charge in [-0.1, -0.05) is 97.1 Å². The molecule has 3 nitrogen and oxygen atoms in total. The number of benzene rings is 3. The lowest BCUT2D eigenvalue weighted by atomic mass is 9.77. The van der Waals surface area contributed by atoms with Crippen LogP contribution >= 0.6 is 0 Å². The SMILES string of the molecule is C/C=C/c1c(O)cnn1C(c1ccccc1)(c1ccccc1)c1ccccc1. The molecule has 1 heterocycles. The van der Waals surface area contributed by atoms with E-state index in [9.17, 15) is 5.11 Å². The summed E-state index contributed by atoms with van der Waals surface area (Å²) in [5.74, 6) is 0.158. The van der Waals surface area contributed by atoms with Crippen molar-refractivity contribution < 1.29 is 5.11 Å². The van der Waals surface area contributed by atoms with E-state index in [0.29, 0.717) is 5.69 Å². The molecule has 0 aliphatic heterocycles. The first-order valence-corrected chi connectivity index (χ1v) is 9.35. The van der Waals surface area contributed by atoms with Crippen LogP contribution in [0.2, 0.25) is 0 Å². The minimum atomic E-state index is -0.723. The van der Waals surface area contributed by atoms with Gasteiger partial charge in [0.05, 0.1) is 6.20 Å². The average molecular weight is 366 g/mol. The summed E-state index contributed by atoms with van der Waals surface area (Å²) in [4.78, 5) is 0. The number of hydrogen-bond donors (Lipinski definition) is 1. The number of nitrogens with zero attached hydrogens (tertiary/aromatic N) is 2. The van der Waals surface area contributed by atoms with Crippen molar-refractivity contribution >= 4 is 6.08 Å². The van der Waals surface area contributed by atoms with E-state index < -0.39 is 5.54 Å². The summed E-state index contributed by atoms with van der Waals surface area (Å²) in [5, 5.41) is 15.2. The zero-order chi connectivity index (χ0) is 19.4. The van der Waals surface area contributed by atoms with Crippen LogP contribution in [0.25, 0.3) is 6.08 Å². The van der Waals surface area contributed by atoms with Crippen molar-refractivity contribution in [2.45, 2.75) is 12.5 Å². The Morgan fingerprint density at radius 2 is 1.18 bits per heavy atom. The zero-order valence-electron chi connectivity index (χ0n) is 15.7. The van der Waals surface area contributed by atoms with E-state index in [1.165, 1.54) is 6.20 Å². The summed E-state index contributed by atoms with van der Waals surface area (Å²) in [5.41, 5.74) is 3.15.